The summed E-state index contributed by atoms with van der Waals surface area (Å²) in [5.41, 5.74) is 1.09. The van der Waals surface area contributed by atoms with Crippen LogP contribution >= 0.6 is 23.1 Å². The molecule has 0 amide bonds. The molecule has 2 aromatic rings. The number of hydrogen-bond acceptors (Lipinski definition) is 4. The quantitative estimate of drug-likeness (QED) is 0.339. The van der Waals surface area contributed by atoms with Crippen LogP contribution in [0.15, 0.2) is 34.2 Å². The fourth-order valence-electron chi connectivity index (χ4n) is 1.99. The van der Waals surface area contributed by atoms with Crippen molar-refractivity contribution < 1.29 is 4.39 Å². The van der Waals surface area contributed by atoms with E-state index in [1.165, 1.54) is 17.0 Å². The average Bonchev–Trinajstić information content (AvgIpc) is 2.90. The van der Waals surface area contributed by atoms with Crippen LogP contribution in [-0.4, -0.2) is 30.3 Å². The van der Waals surface area contributed by atoms with Crippen LogP contribution in [0.2, 0.25) is 0 Å². The van der Waals surface area contributed by atoms with Gasteiger partial charge in [-0.05, 0) is 50.3 Å². The Hall–Kier alpha value is -1.60. The number of nitrogens with zero attached hydrogens (tertiary/aromatic N) is 2. The van der Waals surface area contributed by atoms with Crippen molar-refractivity contribution in [2.45, 2.75) is 31.7 Å². The number of aromatic nitrogens is 1. The highest BCUT2D eigenvalue weighted by atomic mass is 32.2. The van der Waals surface area contributed by atoms with E-state index in [1.807, 2.05) is 19.1 Å². The van der Waals surface area contributed by atoms with Crippen LogP contribution in [0.3, 0.4) is 0 Å². The molecule has 0 bridgehead atoms. The summed E-state index contributed by atoms with van der Waals surface area (Å²) in [6.45, 7) is 5.64. The van der Waals surface area contributed by atoms with E-state index >= 15 is 0 Å². The molecule has 7 heteroatoms. The minimum Gasteiger partial charge on any atom is -0.356 e. The van der Waals surface area contributed by atoms with E-state index in [9.17, 15) is 4.39 Å². The molecule has 0 saturated heterocycles. The van der Waals surface area contributed by atoms with Gasteiger partial charge in [-0.3, -0.25) is 4.99 Å². The number of hydrogen-bond donors (Lipinski definition) is 2. The number of thioether (sulfide) groups is 1. The second-order valence-electron chi connectivity index (χ2n) is 5.26. The monoisotopic (exact) mass is 366 g/mol. The molecule has 1 aromatic carbocycles. The molecule has 0 radical (unpaired) electrons. The zero-order valence-corrected chi connectivity index (χ0v) is 15.9. The normalized spacial score (nSPS) is 11.6. The predicted octanol–water partition coefficient (Wildman–Crippen LogP) is 3.75. The number of rotatable bonds is 7. The molecule has 0 saturated carbocycles. The van der Waals surface area contributed by atoms with Gasteiger partial charge in [-0.1, -0.05) is 0 Å². The van der Waals surface area contributed by atoms with E-state index in [0.717, 1.165) is 40.3 Å². The summed E-state index contributed by atoms with van der Waals surface area (Å²) < 4.78 is 12.8. The van der Waals surface area contributed by atoms with Crippen LogP contribution < -0.4 is 10.6 Å². The molecule has 0 spiro atoms. The number of thiazole rings is 1. The third-order valence-electron chi connectivity index (χ3n) is 3.40. The molecule has 0 aliphatic rings. The minimum absolute atomic E-state index is 0.193. The second kappa shape index (κ2) is 9.64. The molecule has 1 aromatic heterocycles. The number of aryl methyl sites for hydroxylation is 2. The average molecular weight is 367 g/mol. The number of halogens is 1. The van der Waals surface area contributed by atoms with E-state index in [4.69, 9.17) is 0 Å². The zero-order chi connectivity index (χ0) is 17.4. The molecule has 2 N–H and O–H groups in total. The van der Waals surface area contributed by atoms with E-state index in [-0.39, 0.29) is 5.82 Å². The molecule has 0 atom stereocenters. The van der Waals surface area contributed by atoms with Gasteiger partial charge in [0, 0.05) is 23.4 Å². The molecule has 0 aliphatic carbocycles. The Balaban J connectivity index is 1.63. The van der Waals surface area contributed by atoms with Crippen molar-refractivity contribution in [1.29, 1.82) is 0 Å². The Morgan fingerprint density at radius 1 is 1.25 bits per heavy atom. The van der Waals surface area contributed by atoms with Gasteiger partial charge < -0.3 is 10.6 Å². The number of nitrogens with one attached hydrogen (secondary N) is 2. The van der Waals surface area contributed by atoms with Crippen molar-refractivity contribution >= 4 is 29.1 Å². The highest BCUT2D eigenvalue weighted by Crippen LogP contribution is 2.18. The van der Waals surface area contributed by atoms with Crippen molar-refractivity contribution in [3.63, 3.8) is 0 Å². The second-order valence-corrected chi connectivity index (χ2v) is 7.71. The van der Waals surface area contributed by atoms with Crippen LogP contribution in [-0.2, 0) is 6.54 Å². The Morgan fingerprint density at radius 3 is 2.62 bits per heavy atom. The van der Waals surface area contributed by atoms with E-state index < -0.39 is 0 Å². The molecule has 130 valence electrons. The van der Waals surface area contributed by atoms with Gasteiger partial charge in [0.1, 0.15) is 10.8 Å². The molecular weight excluding hydrogens is 343 g/mol. The van der Waals surface area contributed by atoms with Gasteiger partial charge in [-0.15, -0.1) is 23.1 Å². The molecular formula is C17H23FN4S2. The molecule has 24 heavy (non-hydrogen) atoms. The summed E-state index contributed by atoms with van der Waals surface area (Å²) in [4.78, 5) is 11.1. The van der Waals surface area contributed by atoms with Crippen molar-refractivity contribution in [1.82, 2.24) is 15.6 Å². The summed E-state index contributed by atoms with van der Waals surface area (Å²) in [5, 5.41) is 7.65. The fraction of sp³-hybridized carbons (Fsp3) is 0.412. The van der Waals surface area contributed by atoms with Gasteiger partial charge in [0.25, 0.3) is 0 Å². The van der Waals surface area contributed by atoms with E-state index in [2.05, 4.69) is 27.5 Å². The first-order valence-electron chi connectivity index (χ1n) is 7.84. The summed E-state index contributed by atoms with van der Waals surface area (Å²) in [5.74, 6) is 1.56. The molecule has 2 rings (SSSR count). The highest BCUT2D eigenvalue weighted by Gasteiger charge is 2.04. The van der Waals surface area contributed by atoms with Crippen LogP contribution in [0.25, 0.3) is 0 Å². The smallest absolute Gasteiger partial charge is 0.191 e. The van der Waals surface area contributed by atoms with E-state index in [1.54, 1.807) is 30.1 Å². The van der Waals surface area contributed by atoms with Gasteiger partial charge in [-0.2, -0.15) is 0 Å². The lowest BCUT2D eigenvalue weighted by Gasteiger charge is -2.10. The molecule has 0 unspecified atom stereocenters. The SMILES string of the molecule is CN=C(NCCCSc1ccc(F)cc1)NCc1nc(C)c(C)s1. The zero-order valence-electron chi connectivity index (χ0n) is 14.2. The first-order chi connectivity index (χ1) is 11.6. The first kappa shape index (κ1) is 18.7. The maximum absolute atomic E-state index is 12.8. The third-order valence-corrected chi connectivity index (χ3v) is 5.57. The largest absolute Gasteiger partial charge is 0.356 e. The lowest BCUT2D eigenvalue weighted by molar-refractivity contribution is 0.626. The standard InChI is InChI=1S/C17H23FN4S2/c1-12-13(2)24-16(22-12)11-21-17(19-3)20-9-4-10-23-15-7-5-14(18)6-8-15/h5-8H,4,9-11H2,1-3H3,(H2,19,20,21). The summed E-state index contributed by atoms with van der Waals surface area (Å²) in [6, 6.07) is 6.61. The predicted molar refractivity (Wildman–Crippen MR) is 102 cm³/mol. The Bertz CT molecular complexity index is 648. The Kier molecular flexibility index (Phi) is 7.52. The minimum atomic E-state index is -0.193. The first-order valence-corrected chi connectivity index (χ1v) is 9.64. The summed E-state index contributed by atoms with van der Waals surface area (Å²) >= 11 is 3.44. The molecule has 4 nitrogen and oxygen atoms in total. The lowest BCUT2D eigenvalue weighted by Crippen LogP contribution is -2.37. The maximum atomic E-state index is 12.8. The van der Waals surface area contributed by atoms with Crippen molar-refractivity contribution in [3.8, 4) is 0 Å². The fourth-order valence-corrected chi connectivity index (χ4v) is 3.72. The van der Waals surface area contributed by atoms with Crippen molar-refractivity contribution in [2.24, 2.45) is 4.99 Å². The number of guanidine groups is 1. The van der Waals surface area contributed by atoms with Gasteiger partial charge in [0.15, 0.2) is 5.96 Å². The maximum Gasteiger partial charge on any atom is 0.191 e. The van der Waals surface area contributed by atoms with Crippen LogP contribution in [0, 0.1) is 19.7 Å². The lowest BCUT2D eigenvalue weighted by atomic mass is 10.4. The van der Waals surface area contributed by atoms with Crippen LogP contribution in [0.1, 0.15) is 22.0 Å². The summed E-state index contributed by atoms with van der Waals surface area (Å²) in [6.07, 6.45) is 0.998. The Labute approximate surface area is 151 Å². The molecule has 1 heterocycles. The third kappa shape index (κ3) is 6.13. The van der Waals surface area contributed by atoms with E-state index in [0.29, 0.717) is 6.54 Å². The number of benzene rings is 1. The number of aliphatic imine (C=N–C) groups is 1. The summed E-state index contributed by atoms with van der Waals surface area (Å²) in [7, 11) is 1.76. The van der Waals surface area contributed by atoms with Crippen LogP contribution in [0.5, 0.6) is 0 Å². The molecule has 0 fully saturated rings. The van der Waals surface area contributed by atoms with Gasteiger partial charge >= 0.3 is 0 Å². The van der Waals surface area contributed by atoms with Gasteiger partial charge in [0.2, 0.25) is 0 Å². The van der Waals surface area contributed by atoms with Gasteiger partial charge in [0.05, 0.1) is 12.2 Å². The Morgan fingerprint density at radius 2 is 2.00 bits per heavy atom. The van der Waals surface area contributed by atoms with Crippen LogP contribution in [0.4, 0.5) is 4.39 Å². The highest BCUT2D eigenvalue weighted by molar-refractivity contribution is 7.99. The van der Waals surface area contributed by atoms with Crippen molar-refractivity contribution in [2.75, 3.05) is 19.3 Å². The molecule has 0 aliphatic heterocycles. The van der Waals surface area contributed by atoms with Gasteiger partial charge in [-0.25, -0.2) is 9.37 Å². The topological polar surface area (TPSA) is 49.3 Å². The van der Waals surface area contributed by atoms with Crippen molar-refractivity contribution in [3.05, 3.63) is 45.7 Å².